The summed E-state index contributed by atoms with van der Waals surface area (Å²) in [6.45, 7) is 2.89. The maximum absolute atomic E-state index is 14.9. The Morgan fingerprint density at radius 3 is 2.18 bits per heavy atom. The van der Waals surface area contributed by atoms with Gasteiger partial charge in [0, 0.05) is 25.1 Å². The second-order valence-corrected chi connectivity index (χ2v) is 12.8. The van der Waals surface area contributed by atoms with Crippen LogP contribution in [0.4, 0.5) is 10.1 Å². The second-order valence-electron chi connectivity index (χ2n) is 10.1. The van der Waals surface area contributed by atoms with Gasteiger partial charge in [0.05, 0.1) is 20.6 Å². The quantitative estimate of drug-likeness (QED) is 0.191. The third-order valence-corrected chi connectivity index (χ3v) is 9.53. The van der Waals surface area contributed by atoms with Gasteiger partial charge >= 0.3 is 0 Å². The topological polar surface area (TPSA) is 86.8 Å². The first-order valence-electron chi connectivity index (χ1n) is 13.9. The van der Waals surface area contributed by atoms with E-state index < -0.39 is 40.2 Å². The molecule has 4 aromatic rings. The molecular formula is C33H32Cl2FN3O4S. The highest BCUT2D eigenvalue weighted by Gasteiger charge is 2.35. The molecule has 0 saturated heterocycles. The number of hydrogen-bond donors (Lipinski definition) is 1. The molecule has 0 aliphatic heterocycles. The van der Waals surface area contributed by atoms with Crippen LogP contribution in [-0.2, 0) is 32.6 Å². The molecule has 230 valence electrons. The molecule has 4 aromatic carbocycles. The van der Waals surface area contributed by atoms with Crippen LogP contribution in [0.2, 0.25) is 10.0 Å². The maximum atomic E-state index is 14.9. The molecule has 2 amide bonds. The van der Waals surface area contributed by atoms with Crippen LogP contribution in [0, 0.1) is 12.7 Å². The standard InChI is InChI=1S/C33H32Cl2FN3O4S/c1-3-37-33(41)31(19-24-9-5-4-6-10-24)38(21-25-11-7-8-12-30(25)36)32(40)22-39(26-15-18-28(34)29(35)20-26)44(42,43)27-16-13-23(2)14-17-27/h4-18,20,31H,3,19,21-22H2,1-2H3,(H,37,41). The largest absolute Gasteiger partial charge is 0.355 e. The molecule has 4 rings (SSSR count). The Bertz CT molecular complexity index is 1720. The Hall–Kier alpha value is -3.92. The number of carbonyl (C=O) groups is 2. The van der Waals surface area contributed by atoms with Crippen molar-refractivity contribution in [3.63, 3.8) is 0 Å². The van der Waals surface area contributed by atoms with Crippen LogP contribution in [0.1, 0.15) is 23.6 Å². The average molecular weight is 657 g/mol. The van der Waals surface area contributed by atoms with Crippen molar-refractivity contribution in [2.75, 3.05) is 17.4 Å². The van der Waals surface area contributed by atoms with Crippen molar-refractivity contribution in [1.82, 2.24) is 10.2 Å². The molecule has 0 aromatic heterocycles. The van der Waals surface area contributed by atoms with Gasteiger partial charge < -0.3 is 10.2 Å². The van der Waals surface area contributed by atoms with Gasteiger partial charge in [-0.1, -0.05) is 89.4 Å². The number of halogens is 3. The SMILES string of the molecule is CCNC(=O)C(Cc1ccccc1)N(Cc1ccccc1F)C(=O)CN(c1ccc(Cl)c(Cl)c1)S(=O)(=O)c1ccc(C)cc1. The van der Waals surface area contributed by atoms with Crippen LogP contribution in [-0.4, -0.2) is 44.3 Å². The molecule has 0 fully saturated rings. The van der Waals surface area contributed by atoms with Gasteiger partial charge in [-0.05, 0) is 55.8 Å². The van der Waals surface area contributed by atoms with Crippen molar-refractivity contribution in [3.8, 4) is 0 Å². The summed E-state index contributed by atoms with van der Waals surface area (Å²) in [6.07, 6.45) is 0.115. The molecule has 0 radical (unpaired) electrons. The van der Waals surface area contributed by atoms with E-state index in [4.69, 9.17) is 23.2 Å². The highest BCUT2D eigenvalue weighted by molar-refractivity contribution is 7.92. The third kappa shape index (κ3) is 7.96. The number of anilines is 1. The summed E-state index contributed by atoms with van der Waals surface area (Å²) in [5.41, 5.74) is 1.88. The van der Waals surface area contributed by atoms with Gasteiger partial charge in [-0.3, -0.25) is 13.9 Å². The molecule has 0 spiro atoms. The van der Waals surface area contributed by atoms with E-state index >= 15 is 0 Å². The summed E-state index contributed by atoms with van der Waals surface area (Å²) in [5.74, 6) is -1.74. The number of nitrogens with one attached hydrogen (secondary N) is 1. The van der Waals surface area contributed by atoms with E-state index in [2.05, 4.69) is 5.32 Å². The summed E-state index contributed by atoms with van der Waals surface area (Å²) in [5, 5.41) is 3.07. The zero-order valence-corrected chi connectivity index (χ0v) is 26.5. The number of aryl methyl sites for hydroxylation is 1. The molecule has 1 unspecified atom stereocenters. The van der Waals surface area contributed by atoms with Crippen molar-refractivity contribution in [2.24, 2.45) is 0 Å². The molecule has 7 nitrogen and oxygen atoms in total. The Morgan fingerprint density at radius 1 is 0.886 bits per heavy atom. The molecule has 1 atom stereocenters. The van der Waals surface area contributed by atoms with Gasteiger partial charge in [-0.25, -0.2) is 12.8 Å². The minimum absolute atomic E-state index is 0.0489. The van der Waals surface area contributed by atoms with Crippen molar-refractivity contribution in [2.45, 2.75) is 37.8 Å². The first-order chi connectivity index (χ1) is 21.0. The van der Waals surface area contributed by atoms with Gasteiger partial charge in [0.25, 0.3) is 10.0 Å². The Labute approximate surface area is 267 Å². The van der Waals surface area contributed by atoms with Crippen LogP contribution >= 0.6 is 23.2 Å². The van der Waals surface area contributed by atoms with Gasteiger partial charge in [0.2, 0.25) is 11.8 Å². The van der Waals surface area contributed by atoms with E-state index in [0.717, 1.165) is 15.4 Å². The molecule has 0 bridgehead atoms. The normalized spacial score (nSPS) is 11.9. The number of hydrogen-bond acceptors (Lipinski definition) is 4. The summed E-state index contributed by atoms with van der Waals surface area (Å²) in [4.78, 5) is 29.0. The molecule has 0 aliphatic carbocycles. The van der Waals surface area contributed by atoms with Gasteiger partial charge in [-0.2, -0.15) is 0 Å². The number of sulfonamides is 1. The van der Waals surface area contributed by atoms with E-state index in [1.54, 1.807) is 25.1 Å². The molecule has 1 N–H and O–H groups in total. The molecule has 11 heteroatoms. The Kier molecular flexibility index (Phi) is 11.0. The van der Waals surface area contributed by atoms with Gasteiger partial charge in [-0.15, -0.1) is 0 Å². The lowest BCUT2D eigenvalue weighted by Gasteiger charge is -2.34. The first kappa shape index (κ1) is 33.0. The fraction of sp³-hybridized carbons (Fsp3) is 0.212. The molecular weight excluding hydrogens is 624 g/mol. The monoisotopic (exact) mass is 655 g/mol. The van der Waals surface area contributed by atoms with Gasteiger partial charge in [0.1, 0.15) is 18.4 Å². The highest BCUT2D eigenvalue weighted by Crippen LogP contribution is 2.31. The fourth-order valence-corrected chi connectivity index (χ4v) is 6.36. The van der Waals surface area contributed by atoms with Crippen LogP contribution in [0.25, 0.3) is 0 Å². The zero-order chi connectivity index (χ0) is 31.9. The minimum Gasteiger partial charge on any atom is -0.355 e. The molecule has 44 heavy (non-hydrogen) atoms. The smallest absolute Gasteiger partial charge is 0.264 e. The minimum atomic E-state index is -4.32. The lowest BCUT2D eigenvalue weighted by atomic mass is 10.0. The number of nitrogens with zero attached hydrogens (tertiary/aromatic N) is 2. The van der Waals surface area contributed by atoms with Crippen molar-refractivity contribution >= 4 is 50.7 Å². The predicted molar refractivity (Wildman–Crippen MR) is 172 cm³/mol. The molecule has 0 saturated carbocycles. The summed E-state index contributed by atoms with van der Waals surface area (Å²) >= 11 is 12.4. The number of carbonyl (C=O) groups excluding carboxylic acids is 2. The number of rotatable bonds is 12. The van der Waals surface area contributed by atoms with Crippen molar-refractivity contribution in [3.05, 3.63) is 130 Å². The lowest BCUT2D eigenvalue weighted by molar-refractivity contribution is -0.140. The lowest BCUT2D eigenvalue weighted by Crippen LogP contribution is -2.53. The Balaban J connectivity index is 1.82. The fourth-order valence-electron chi connectivity index (χ4n) is 4.66. The number of amides is 2. The zero-order valence-electron chi connectivity index (χ0n) is 24.2. The average Bonchev–Trinajstić information content (AvgIpc) is 3.00. The van der Waals surface area contributed by atoms with Crippen LogP contribution in [0.3, 0.4) is 0 Å². The summed E-state index contributed by atoms with van der Waals surface area (Å²) in [7, 11) is -4.32. The second kappa shape index (κ2) is 14.7. The van der Waals surface area contributed by atoms with E-state index in [-0.39, 0.29) is 39.2 Å². The van der Waals surface area contributed by atoms with Crippen LogP contribution < -0.4 is 9.62 Å². The molecule has 0 heterocycles. The van der Waals surface area contributed by atoms with E-state index in [0.29, 0.717) is 6.54 Å². The van der Waals surface area contributed by atoms with E-state index in [1.165, 1.54) is 53.4 Å². The van der Waals surface area contributed by atoms with Crippen molar-refractivity contribution in [1.29, 1.82) is 0 Å². The Morgan fingerprint density at radius 2 is 1.55 bits per heavy atom. The first-order valence-corrected chi connectivity index (χ1v) is 16.1. The number of benzene rings is 4. The van der Waals surface area contributed by atoms with Crippen molar-refractivity contribution < 1.29 is 22.4 Å². The predicted octanol–water partition coefficient (Wildman–Crippen LogP) is 6.41. The van der Waals surface area contributed by atoms with E-state index in [1.807, 2.05) is 37.3 Å². The van der Waals surface area contributed by atoms with E-state index in [9.17, 15) is 22.4 Å². The van der Waals surface area contributed by atoms with Crippen LogP contribution in [0.15, 0.2) is 102 Å². The molecule has 0 aliphatic rings. The number of likely N-dealkylation sites (N-methyl/N-ethyl adjacent to an activating group) is 1. The summed E-state index contributed by atoms with van der Waals surface area (Å²) in [6, 6.07) is 24.4. The van der Waals surface area contributed by atoms with Crippen LogP contribution in [0.5, 0.6) is 0 Å². The summed E-state index contributed by atoms with van der Waals surface area (Å²) < 4.78 is 44.0. The maximum Gasteiger partial charge on any atom is 0.264 e. The van der Waals surface area contributed by atoms with Gasteiger partial charge in [0.15, 0.2) is 0 Å². The third-order valence-electron chi connectivity index (χ3n) is 7.00. The highest BCUT2D eigenvalue weighted by atomic mass is 35.5.